The van der Waals surface area contributed by atoms with E-state index in [1.807, 2.05) is 0 Å². The fraction of sp³-hybridized carbons (Fsp3) is 0.538. The van der Waals surface area contributed by atoms with Gasteiger partial charge in [0.25, 0.3) is 0 Å². The Balaban J connectivity index is 2.07. The largest absolute Gasteiger partial charge is 0.352 e. The van der Waals surface area contributed by atoms with E-state index in [0.29, 0.717) is 6.04 Å². The van der Waals surface area contributed by atoms with Gasteiger partial charge in [-0.3, -0.25) is 0 Å². The Labute approximate surface area is 119 Å². The molecule has 18 heavy (non-hydrogen) atoms. The van der Waals surface area contributed by atoms with Crippen LogP contribution in [0.5, 0.6) is 0 Å². The van der Waals surface area contributed by atoms with Crippen LogP contribution in [0, 0.1) is 6.92 Å². The third-order valence-corrected chi connectivity index (χ3v) is 5.42. The standard InChI is InChI=1S/C13H16BrN3S/c1-9-7-18-12-11(9)15-8-16-13(12)17-5-3-2-4-10(17)6-14/h7-8,10H,2-6H2,1H3. The van der Waals surface area contributed by atoms with Crippen LogP contribution in [-0.4, -0.2) is 27.9 Å². The monoisotopic (exact) mass is 325 g/mol. The van der Waals surface area contributed by atoms with Gasteiger partial charge in [-0.05, 0) is 37.1 Å². The second kappa shape index (κ2) is 5.13. The molecule has 0 aromatic carbocycles. The van der Waals surface area contributed by atoms with E-state index in [1.54, 1.807) is 17.7 Å². The third-order valence-electron chi connectivity index (χ3n) is 3.59. The zero-order chi connectivity index (χ0) is 12.5. The second-order valence-corrected chi connectivity index (χ2v) is 6.32. The maximum Gasteiger partial charge on any atom is 0.150 e. The molecule has 1 fully saturated rings. The number of rotatable bonds is 2. The Bertz CT molecular complexity index is 554. The molecule has 1 atom stereocenters. The van der Waals surface area contributed by atoms with Crippen LogP contribution in [0.3, 0.4) is 0 Å². The molecule has 3 nitrogen and oxygen atoms in total. The van der Waals surface area contributed by atoms with Gasteiger partial charge in [-0.1, -0.05) is 15.9 Å². The lowest BCUT2D eigenvalue weighted by molar-refractivity contribution is 0.489. The van der Waals surface area contributed by atoms with E-state index in [0.717, 1.165) is 23.2 Å². The molecule has 2 aromatic rings. The summed E-state index contributed by atoms with van der Waals surface area (Å²) in [6.07, 6.45) is 5.54. The zero-order valence-corrected chi connectivity index (χ0v) is 12.8. The van der Waals surface area contributed by atoms with E-state index in [2.05, 4.69) is 43.1 Å². The number of hydrogen-bond donors (Lipinski definition) is 0. The Hall–Kier alpha value is -0.680. The Morgan fingerprint density at radius 2 is 2.33 bits per heavy atom. The molecule has 0 radical (unpaired) electrons. The van der Waals surface area contributed by atoms with Crippen molar-refractivity contribution in [3.8, 4) is 0 Å². The highest BCUT2D eigenvalue weighted by molar-refractivity contribution is 9.09. The van der Waals surface area contributed by atoms with Gasteiger partial charge >= 0.3 is 0 Å². The predicted octanol–water partition coefficient (Wildman–Crippen LogP) is 3.75. The van der Waals surface area contributed by atoms with Crippen molar-refractivity contribution in [1.29, 1.82) is 0 Å². The number of hydrogen-bond acceptors (Lipinski definition) is 4. The molecule has 0 saturated carbocycles. The van der Waals surface area contributed by atoms with Gasteiger partial charge < -0.3 is 4.90 Å². The Morgan fingerprint density at radius 3 is 3.17 bits per heavy atom. The maximum atomic E-state index is 4.55. The first kappa shape index (κ1) is 12.4. The van der Waals surface area contributed by atoms with Crippen molar-refractivity contribution in [3.05, 3.63) is 17.3 Å². The predicted molar refractivity (Wildman–Crippen MR) is 80.9 cm³/mol. The number of alkyl halides is 1. The molecule has 1 aliphatic heterocycles. The van der Waals surface area contributed by atoms with Gasteiger partial charge in [0.15, 0.2) is 0 Å². The number of fused-ring (bicyclic) bond motifs is 1. The SMILES string of the molecule is Cc1csc2c(N3CCCCC3CBr)ncnc12. The zero-order valence-electron chi connectivity index (χ0n) is 10.4. The average Bonchev–Trinajstić information content (AvgIpc) is 2.81. The normalized spacial score (nSPS) is 20.6. The van der Waals surface area contributed by atoms with Crippen LogP contribution in [-0.2, 0) is 0 Å². The van der Waals surface area contributed by atoms with Crippen molar-refractivity contribution >= 4 is 43.3 Å². The summed E-state index contributed by atoms with van der Waals surface area (Å²) in [6, 6.07) is 0.569. The molecule has 5 heteroatoms. The minimum atomic E-state index is 0.569. The molecular formula is C13H16BrN3S. The number of anilines is 1. The molecule has 0 bridgehead atoms. The number of piperidine rings is 1. The first-order valence-corrected chi connectivity index (χ1v) is 8.33. The summed E-state index contributed by atoms with van der Waals surface area (Å²) in [5.41, 5.74) is 2.37. The van der Waals surface area contributed by atoms with Gasteiger partial charge in [0.05, 0.1) is 10.2 Å². The summed E-state index contributed by atoms with van der Waals surface area (Å²) in [7, 11) is 0. The van der Waals surface area contributed by atoms with Crippen LogP contribution in [0.2, 0.25) is 0 Å². The molecular weight excluding hydrogens is 310 g/mol. The second-order valence-electron chi connectivity index (χ2n) is 4.79. The van der Waals surface area contributed by atoms with Gasteiger partial charge in [0.2, 0.25) is 0 Å². The number of halogens is 1. The van der Waals surface area contributed by atoms with Crippen molar-refractivity contribution in [3.63, 3.8) is 0 Å². The van der Waals surface area contributed by atoms with E-state index in [-0.39, 0.29) is 0 Å². The lowest BCUT2D eigenvalue weighted by Crippen LogP contribution is -2.41. The van der Waals surface area contributed by atoms with Crippen LogP contribution in [0.25, 0.3) is 10.2 Å². The topological polar surface area (TPSA) is 29.0 Å². The van der Waals surface area contributed by atoms with Crippen LogP contribution >= 0.6 is 27.3 Å². The van der Waals surface area contributed by atoms with E-state index >= 15 is 0 Å². The molecule has 2 aromatic heterocycles. The van der Waals surface area contributed by atoms with Crippen molar-refractivity contribution in [2.45, 2.75) is 32.2 Å². The van der Waals surface area contributed by atoms with E-state index in [9.17, 15) is 0 Å². The van der Waals surface area contributed by atoms with Crippen LogP contribution in [0.15, 0.2) is 11.7 Å². The molecule has 96 valence electrons. The smallest absolute Gasteiger partial charge is 0.150 e. The summed E-state index contributed by atoms with van der Waals surface area (Å²) in [4.78, 5) is 11.4. The van der Waals surface area contributed by atoms with Gasteiger partial charge in [-0.15, -0.1) is 11.3 Å². The molecule has 1 saturated heterocycles. The average molecular weight is 326 g/mol. The number of nitrogens with zero attached hydrogens (tertiary/aromatic N) is 3. The molecule has 0 aliphatic carbocycles. The highest BCUT2D eigenvalue weighted by Gasteiger charge is 2.24. The molecule has 1 unspecified atom stereocenters. The molecule has 0 spiro atoms. The summed E-state index contributed by atoms with van der Waals surface area (Å²) in [5.74, 6) is 1.13. The van der Waals surface area contributed by atoms with Crippen LogP contribution < -0.4 is 4.90 Å². The van der Waals surface area contributed by atoms with Gasteiger partial charge in [0, 0.05) is 17.9 Å². The minimum Gasteiger partial charge on any atom is -0.352 e. The summed E-state index contributed by atoms with van der Waals surface area (Å²) in [6.45, 7) is 3.23. The van der Waals surface area contributed by atoms with Crippen molar-refractivity contribution < 1.29 is 0 Å². The van der Waals surface area contributed by atoms with E-state index in [1.165, 1.54) is 29.5 Å². The van der Waals surface area contributed by atoms with Crippen LogP contribution in [0.4, 0.5) is 5.82 Å². The highest BCUT2D eigenvalue weighted by atomic mass is 79.9. The highest BCUT2D eigenvalue weighted by Crippen LogP contribution is 2.34. The van der Waals surface area contributed by atoms with Crippen molar-refractivity contribution in [2.75, 3.05) is 16.8 Å². The first-order chi connectivity index (χ1) is 8.81. The third kappa shape index (κ3) is 2.03. The fourth-order valence-corrected chi connectivity index (χ4v) is 4.28. The van der Waals surface area contributed by atoms with Crippen LogP contribution in [0.1, 0.15) is 24.8 Å². The van der Waals surface area contributed by atoms with E-state index < -0.39 is 0 Å². The Kier molecular flexibility index (Phi) is 3.52. The fourth-order valence-electron chi connectivity index (χ4n) is 2.60. The van der Waals surface area contributed by atoms with Crippen molar-refractivity contribution in [2.24, 2.45) is 0 Å². The summed E-state index contributed by atoms with van der Waals surface area (Å²) < 4.78 is 1.24. The Morgan fingerprint density at radius 1 is 1.44 bits per heavy atom. The summed E-state index contributed by atoms with van der Waals surface area (Å²) in [5, 5.41) is 3.19. The number of aryl methyl sites for hydroxylation is 1. The first-order valence-electron chi connectivity index (χ1n) is 6.32. The van der Waals surface area contributed by atoms with Crippen molar-refractivity contribution in [1.82, 2.24) is 9.97 Å². The minimum absolute atomic E-state index is 0.569. The molecule has 1 aliphatic rings. The van der Waals surface area contributed by atoms with Gasteiger partial charge in [0.1, 0.15) is 12.1 Å². The van der Waals surface area contributed by atoms with Gasteiger partial charge in [-0.2, -0.15) is 0 Å². The maximum absolute atomic E-state index is 4.55. The number of aromatic nitrogens is 2. The summed E-state index contributed by atoms with van der Waals surface area (Å²) >= 11 is 5.40. The van der Waals surface area contributed by atoms with E-state index in [4.69, 9.17) is 0 Å². The van der Waals surface area contributed by atoms with Gasteiger partial charge in [-0.25, -0.2) is 9.97 Å². The lowest BCUT2D eigenvalue weighted by atomic mass is 10.0. The molecule has 0 amide bonds. The molecule has 0 N–H and O–H groups in total. The number of thiophene rings is 1. The quantitative estimate of drug-likeness (QED) is 0.787. The molecule has 3 rings (SSSR count). The lowest BCUT2D eigenvalue weighted by Gasteiger charge is -2.35. The molecule has 3 heterocycles.